The summed E-state index contributed by atoms with van der Waals surface area (Å²) in [6.07, 6.45) is 2.09. The van der Waals surface area contributed by atoms with E-state index < -0.39 is 0 Å². The van der Waals surface area contributed by atoms with E-state index in [9.17, 15) is 5.11 Å². The Kier molecular flexibility index (Phi) is 5.70. The van der Waals surface area contributed by atoms with Crippen molar-refractivity contribution in [3.8, 4) is 10.8 Å². The van der Waals surface area contributed by atoms with Gasteiger partial charge in [-0.15, -0.1) is 21.5 Å². The van der Waals surface area contributed by atoms with Gasteiger partial charge < -0.3 is 9.52 Å². The van der Waals surface area contributed by atoms with Gasteiger partial charge in [-0.05, 0) is 24.3 Å². The largest absolute Gasteiger partial charge is 0.419 e. The van der Waals surface area contributed by atoms with E-state index in [-0.39, 0.29) is 6.61 Å². The van der Waals surface area contributed by atoms with Crippen LogP contribution in [0.25, 0.3) is 10.8 Å². The fourth-order valence-corrected chi connectivity index (χ4v) is 2.96. The van der Waals surface area contributed by atoms with Gasteiger partial charge in [-0.25, -0.2) is 0 Å². The fraction of sp³-hybridized carbons (Fsp3) is 0.571. The SMILES string of the molecule is CCC(CC)N(CCO)Cc1nnc(-c2cccs2)o1. The highest BCUT2D eigenvalue weighted by atomic mass is 32.1. The lowest BCUT2D eigenvalue weighted by Crippen LogP contribution is -2.36. The quantitative estimate of drug-likeness (QED) is 0.811. The number of aliphatic hydroxyl groups excluding tert-OH is 1. The van der Waals surface area contributed by atoms with E-state index >= 15 is 0 Å². The van der Waals surface area contributed by atoms with Crippen LogP contribution in [0.2, 0.25) is 0 Å². The molecule has 0 aliphatic heterocycles. The first-order chi connectivity index (χ1) is 9.78. The van der Waals surface area contributed by atoms with Crippen LogP contribution < -0.4 is 0 Å². The van der Waals surface area contributed by atoms with Crippen LogP contribution in [-0.4, -0.2) is 39.4 Å². The van der Waals surface area contributed by atoms with E-state index in [1.807, 2.05) is 17.5 Å². The summed E-state index contributed by atoms with van der Waals surface area (Å²) in [6.45, 7) is 5.67. The average Bonchev–Trinajstić information content (AvgIpc) is 3.10. The molecule has 2 aromatic rings. The van der Waals surface area contributed by atoms with Crippen molar-refractivity contribution in [2.24, 2.45) is 0 Å². The van der Waals surface area contributed by atoms with Crippen molar-refractivity contribution in [3.05, 3.63) is 23.4 Å². The van der Waals surface area contributed by atoms with E-state index in [1.165, 1.54) is 0 Å². The normalized spacial score (nSPS) is 11.7. The van der Waals surface area contributed by atoms with Crippen LogP contribution in [0.15, 0.2) is 21.9 Å². The van der Waals surface area contributed by atoms with Crippen LogP contribution in [0.5, 0.6) is 0 Å². The lowest BCUT2D eigenvalue weighted by atomic mass is 10.1. The average molecular weight is 295 g/mol. The highest BCUT2D eigenvalue weighted by Gasteiger charge is 2.18. The van der Waals surface area contributed by atoms with Crippen molar-refractivity contribution in [2.75, 3.05) is 13.2 Å². The molecule has 0 unspecified atom stereocenters. The molecule has 0 radical (unpaired) electrons. The van der Waals surface area contributed by atoms with Gasteiger partial charge in [0.25, 0.3) is 5.89 Å². The van der Waals surface area contributed by atoms with Gasteiger partial charge in [0.15, 0.2) is 0 Å². The molecule has 0 saturated carbocycles. The minimum Gasteiger partial charge on any atom is -0.419 e. The predicted molar refractivity (Wildman–Crippen MR) is 79.5 cm³/mol. The summed E-state index contributed by atoms with van der Waals surface area (Å²) in [5.74, 6) is 1.18. The number of aromatic nitrogens is 2. The smallest absolute Gasteiger partial charge is 0.257 e. The first-order valence-corrected chi connectivity index (χ1v) is 7.87. The van der Waals surface area contributed by atoms with Crippen LogP contribution in [0.1, 0.15) is 32.6 Å². The van der Waals surface area contributed by atoms with Crippen LogP contribution >= 0.6 is 11.3 Å². The zero-order valence-electron chi connectivity index (χ0n) is 12.0. The number of rotatable bonds is 8. The van der Waals surface area contributed by atoms with Crippen molar-refractivity contribution in [3.63, 3.8) is 0 Å². The Morgan fingerprint density at radius 2 is 2.15 bits per heavy atom. The van der Waals surface area contributed by atoms with E-state index in [1.54, 1.807) is 11.3 Å². The molecule has 0 aliphatic rings. The van der Waals surface area contributed by atoms with Crippen molar-refractivity contribution in [1.82, 2.24) is 15.1 Å². The molecule has 2 heterocycles. The summed E-state index contributed by atoms with van der Waals surface area (Å²) in [4.78, 5) is 3.19. The minimum absolute atomic E-state index is 0.141. The van der Waals surface area contributed by atoms with Gasteiger partial charge in [-0.2, -0.15) is 0 Å². The maximum Gasteiger partial charge on any atom is 0.257 e. The Morgan fingerprint density at radius 1 is 1.35 bits per heavy atom. The zero-order chi connectivity index (χ0) is 14.4. The summed E-state index contributed by atoms with van der Waals surface area (Å²) in [5, 5.41) is 19.4. The van der Waals surface area contributed by atoms with Gasteiger partial charge in [0, 0.05) is 12.6 Å². The van der Waals surface area contributed by atoms with Gasteiger partial charge in [-0.3, -0.25) is 4.90 Å². The molecule has 0 saturated heterocycles. The minimum atomic E-state index is 0.141. The molecule has 2 rings (SSSR count). The van der Waals surface area contributed by atoms with Crippen LogP contribution in [0.3, 0.4) is 0 Å². The van der Waals surface area contributed by atoms with Crippen molar-refractivity contribution >= 4 is 11.3 Å². The van der Waals surface area contributed by atoms with E-state index in [2.05, 4.69) is 28.9 Å². The number of nitrogens with zero attached hydrogens (tertiary/aromatic N) is 3. The standard InChI is InChI=1S/C14H21N3O2S/c1-3-11(4-2)17(7-8-18)10-13-15-16-14(19-13)12-6-5-9-20-12/h5-6,9,11,18H,3-4,7-8,10H2,1-2H3. The Hall–Kier alpha value is -1.24. The first-order valence-electron chi connectivity index (χ1n) is 6.99. The van der Waals surface area contributed by atoms with E-state index in [4.69, 9.17) is 4.42 Å². The summed E-state index contributed by atoms with van der Waals surface area (Å²) in [7, 11) is 0. The van der Waals surface area contributed by atoms with Gasteiger partial charge in [0.05, 0.1) is 18.0 Å². The van der Waals surface area contributed by atoms with E-state index in [0.29, 0.717) is 30.9 Å². The third-order valence-electron chi connectivity index (χ3n) is 3.38. The van der Waals surface area contributed by atoms with Crippen molar-refractivity contribution in [1.29, 1.82) is 0 Å². The molecule has 0 atom stereocenters. The highest BCUT2D eigenvalue weighted by Crippen LogP contribution is 2.23. The summed E-state index contributed by atoms with van der Waals surface area (Å²) in [6, 6.07) is 4.36. The van der Waals surface area contributed by atoms with Gasteiger partial charge in [0.1, 0.15) is 0 Å². The summed E-state index contributed by atoms with van der Waals surface area (Å²) < 4.78 is 5.71. The van der Waals surface area contributed by atoms with Crippen molar-refractivity contribution in [2.45, 2.75) is 39.3 Å². The molecular weight excluding hydrogens is 274 g/mol. The lowest BCUT2D eigenvalue weighted by Gasteiger charge is -2.28. The second-order valence-electron chi connectivity index (χ2n) is 4.64. The Balaban J connectivity index is 2.07. The summed E-state index contributed by atoms with van der Waals surface area (Å²) in [5.41, 5.74) is 0. The second-order valence-corrected chi connectivity index (χ2v) is 5.59. The molecule has 1 N–H and O–H groups in total. The highest BCUT2D eigenvalue weighted by molar-refractivity contribution is 7.13. The first kappa shape index (κ1) is 15.2. The van der Waals surface area contributed by atoms with Crippen LogP contribution in [0, 0.1) is 0 Å². The fourth-order valence-electron chi connectivity index (χ4n) is 2.32. The molecule has 0 fully saturated rings. The van der Waals surface area contributed by atoms with E-state index in [0.717, 1.165) is 17.7 Å². The van der Waals surface area contributed by atoms with Crippen LogP contribution in [0.4, 0.5) is 0 Å². The van der Waals surface area contributed by atoms with Crippen molar-refractivity contribution < 1.29 is 9.52 Å². The van der Waals surface area contributed by atoms with Crippen LogP contribution in [-0.2, 0) is 6.54 Å². The molecule has 0 amide bonds. The molecule has 2 aromatic heterocycles. The Bertz CT molecular complexity index is 494. The Labute approximate surface area is 123 Å². The number of hydrogen-bond acceptors (Lipinski definition) is 6. The molecule has 6 heteroatoms. The number of thiophene rings is 1. The van der Waals surface area contributed by atoms with Gasteiger partial charge >= 0.3 is 0 Å². The molecule has 110 valence electrons. The third-order valence-corrected chi connectivity index (χ3v) is 4.24. The molecule has 0 spiro atoms. The molecule has 20 heavy (non-hydrogen) atoms. The molecule has 0 bridgehead atoms. The number of hydrogen-bond donors (Lipinski definition) is 1. The molecular formula is C14H21N3O2S. The topological polar surface area (TPSA) is 62.4 Å². The maximum absolute atomic E-state index is 9.20. The summed E-state index contributed by atoms with van der Waals surface area (Å²) >= 11 is 1.58. The van der Waals surface area contributed by atoms with Gasteiger partial charge in [-0.1, -0.05) is 19.9 Å². The molecule has 0 aromatic carbocycles. The van der Waals surface area contributed by atoms with Gasteiger partial charge in [0.2, 0.25) is 5.89 Å². The second kappa shape index (κ2) is 7.52. The number of aliphatic hydroxyl groups is 1. The third kappa shape index (κ3) is 3.65. The maximum atomic E-state index is 9.20. The molecule has 0 aliphatic carbocycles. The zero-order valence-corrected chi connectivity index (χ0v) is 12.8. The lowest BCUT2D eigenvalue weighted by molar-refractivity contribution is 0.126. The predicted octanol–water partition coefficient (Wildman–Crippen LogP) is 2.78. The Morgan fingerprint density at radius 3 is 2.75 bits per heavy atom. The molecule has 5 nitrogen and oxygen atoms in total. The monoisotopic (exact) mass is 295 g/mol.